The third-order valence-corrected chi connectivity index (χ3v) is 4.45. The van der Waals surface area contributed by atoms with Crippen molar-refractivity contribution < 1.29 is 19.4 Å². The molecule has 1 aliphatic heterocycles. The van der Waals surface area contributed by atoms with Crippen molar-refractivity contribution in [3.63, 3.8) is 0 Å². The Hall–Kier alpha value is -1.85. The van der Waals surface area contributed by atoms with Crippen LogP contribution in [-0.2, 0) is 16.0 Å². The van der Waals surface area contributed by atoms with Crippen LogP contribution in [0, 0.1) is 5.92 Å². The molecular weight excluding hydrogens is 330 g/mol. The van der Waals surface area contributed by atoms with E-state index in [-0.39, 0.29) is 11.7 Å². The number of carboxylic acids is 1. The second-order valence-corrected chi connectivity index (χ2v) is 6.89. The molecule has 1 aromatic rings. The molecule has 1 heterocycles. The van der Waals surface area contributed by atoms with E-state index in [0.29, 0.717) is 36.4 Å². The van der Waals surface area contributed by atoms with Crippen molar-refractivity contribution in [3.8, 4) is 5.75 Å². The number of carbonyl (C=O) groups is 2. The fourth-order valence-corrected chi connectivity index (χ4v) is 3.10. The van der Waals surface area contributed by atoms with E-state index in [1.165, 1.54) is 0 Å². The summed E-state index contributed by atoms with van der Waals surface area (Å²) in [7, 11) is 1.75. The Morgan fingerprint density at radius 1 is 1.46 bits per heavy atom. The quantitative estimate of drug-likeness (QED) is 0.764. The molecular formula is C18H22ClNO4. The van der Waals surface area contributed by atoms with Gasteiger partial charge in [0.1, 0.15) is 11.8 Å². The number of allylic oxidation sites excluding steroid dienone is 1. The van der Waals surface area contributed by atoms with Crippen molar-refractivity contribution in [1.29, 1.82) is 0 Å². The van der Waals surface area contributed by atoms with Crippen LogP contribution in [0.5, 0.6) is 5.75 Å². The number of carbonyl (C=O) groups excluding carboxylic acids is 1. The molecule has 0 aliphatic carbocycles. The summed E-state index contributed by atoms with van der Waals surface area (Å²) in [6.07, 6.45) is 1.68. The largest absolute Gasteiger partial charge is 0.480 e. The molecule has 130 valence electrons. The van der Waals surface area contributed by atoms with E-state index in [0.717, 1.165) is 11.1 Å². The average molecular weight is 352 g/mol. The van der Waals surface area contributed by atoms with Crippen molar-refractivity contribution in [1.82, 2.24) is 4.90 Å². The summed E-state index contributed by atoms with van der Waals surface area (Å²) in [6.45, 7) is 4.31. The number of fused-ring (bicyclic) bond motifs is 1. The highest BCUT2D eigenvalue weighted by Crippen LogP contribution is 2.34. The number of likely N-dealkylation sites (N-methyl/N-ethyl adjacent to an activating group) is 1. The lowest BCUT2D eigenvalue weighted by Gasteiger charge is -2.29. The summed E-state index contributed by atoms with van der Waals surface area (Å²) < 4.78 is 5.65. The highest BCUT2D eigenvalue weighted by molar-refractivity contribution is 6.31. The first kappa shape index (κ1) is 18.5. The molecule has 0 aromatic heterocycles. The van der Waals surface area contributed by atoms with Crippen LogP contribution in [0.3, 0.4) is 0 Å². The van der Waals surface area contributed by atoms with Gasteiger partial charge in [0.15, 0.2) is 12.0 Å². The SMILES string of the molecule is CC(C)CC(C(=O)O)N(C)CC1=C(C=O)Oc2cccc(Cl)c2C1. The molecule has 6 heteroatoms. The first-order chi connectivity index (χ1) is 11.3. The minimum atomic E-state index is -0.866. The van der Waals surface area contributed by atoms with E-state index in [2.05, 4.69) is 0 Å². The maximum Gasteiger partial charge on any atom is 0.320 e. The maximum absolute atomic E-state index is 11.5. The lowest BCUT2D eigenvalue weighted by atomic mass is 9.98. The number of halogens is 1. The Morgan fingerprint density at radius 2 is 2.17 bits per heavy atom. The van der Waals surface area contributed by atoms with Crippen molar-refractivity contribution in [2.24, 2.45) is 5.92 Å². The minimum Gasteiger partial charge on any atom is -0.480 e. The van der Waals surface area contributed by atoms with Gasteiger partial charge in [0.05, 0.1) is 0 Å². The Kier molecular flexibility index (Phi) is 6.02. The summed E-state index contributed by atoms with van der Waals surface area (Å²) in [6, 6.07) is 4.70. The fourth-order valence-electron chi connectivity index (χ4n) is 2.87. The van der Waals surface area contributed by atoms with Crippen molar-refractivity contribution >= 4 is 23.9 Å². The minimum absolute atomic E-state index is 0.241. The van der Waals surface area contributed by atoms with Crippen LogP contribution in [0.4, 0.5) is 0 Å². The molecule has 1 atom stereocenters. The summed E-state index contributed by atoms with van der Waals surface area (Å²) >= 11 is 6.22. The number of benzene rings is 1. The predicted molar refractivity (Wildman–Crippen MR) is 92.4 cm³/mol. The van der Waals surface area contributed by atoms with Crippen LogP contribution in [0.1, 0.15) is 25.8 Å². The summed E-state index contributed by atoms with van der Waals surface area (Å²) in [5.41, 5.74) is 1.56. The third kappa shape index (κ3) is 4.16. The molecule has 5 nitrogen and oxygen atoms in total. The zero-order valence-electron chi connectivity index (χ0n) is 14.1. The monoisotopic (exact) mass is 351 g/mol. The van der Waals surface area contributed by atoms with Crippen molar-refractivity contribution in [2.45, 2.75) is 32.7 Å². The smallest absolute Gasteiger partial charge is 0.320 e. The van der Waals surface area contributed by atoms with E-state index in [1.807, 2.05) is 13.8 Å². The molecule has 0 bridgehead atoms. The number of nitrogens with zero attached hydrogens (tertiary/aromatic N) is 1. The zero-order chi connectivity index (χ0) is 17.9. The summed E-state index contributed by atoms with van der Waals surface area (Å²) in [4.78, 5) is 24.7. The number of hydrogen-bond donors (Lipinski definition) is 1. The molecule has 2 rings (SSSR count). The molecule has 1 unspecified atom stereocenters. The van der Waals surface area contributed by atoms with E-state index < -0.39 is 12.0 Å². The first-order valence-electron chi connectivity index (χ1n) is 7.89. The number of carboxylic acid groups (broad SMARTS) is 1. The van der Waals surface area contributed by atoms with Gasteiger partial charge in [-0.15, -0.1) is 0 Å². The third-order valence-electron chi connectivity index (χ3n) is 4.09. The molecule has 1 N–H and O–H groups in total. The van der Waals surface area contributed by atoms with Crippen LogP contribution in [-0.4, -0.2) is 41.9 Å². The number of aliphatic carboxylic acids is 1. The van der Waals surface area contributed by atoms with Gasteiger partial charge in [0.25, 0.3) is 0 Å². The van der Waals surface area contributed by atoms with Gasteiger partial charge in [-0.1, -0.05) is 31.5 Å². The molecule has 0 amide bonds. The summed E-state index contributed by atoms with van der Waals surface area (Å²) in [5, 5.41) is 10.0. The molecule has 0 fully saturated rings. The maximum atomic E-state index is 11.5. The molecule has 1 aromatic carbocycles. The van der Waals surface area contributed by atoms with Crippen LogP contribution >= 0.6 is 11.6 Å². The Morgan fingerprint density at radius 3 is 2.75 bits per heavy atom. The first-order valence-corrected chi connectivity index (χ1v) is 8.26. The van der Waals surface area contributed by atoms with Gasteiger partial charge in [-0.3, -0.25) is 14.5 Å². The van der Waals surface area contributed by atoms with Gasteiger partial charge in [-0.05, 0) is 37.1 Å². The lowest BCUT2D eigenvalue weighted by Crippen LogP contribution is -2.41. The van der Waals surface area contributed by atoms with Crippen LogP contribution in [0.25, 0.3) is 0 Å². The Bertz CT molecular complexity index is 669. The second kappa shape index (κ2) is 7.81. The van der Waals surface area contributed by atoms with E-state index in [9.17, 15) is 14.7 Å². The van der Waals surface area contributed by atoms with Gasteiger partial charge in [0.2, 0.25) is 0 Å². The van der Waals surface area contributed by atoms with Gasteiger partial charge >= 0.3 is 5.97 Å². The molecule has 0 radical (unpaired) electrons. The predicted octanol–water partition coefficient (Wildman–Crippen LogP) is 3.16. The Labute approximate surface area is 146 Å². The van der Waals surface area contributed by atoms with Crippen LogP contribution in [0.15, 0.2) is 29.5 Å². The second-order valence-electron chi connectivity index (χ2n) is 6.48. The standard InChI is InChI=1S/C18H22ClNO4/c1-11(2)7-15(18(22)23)20(3)9-12-8-13-14(19)5-4-6-16(13)24-17(12)10-21/h4-6,10-11,15H,7-9H2,1-3H3,(H,22,23). The molecule has 0 saturated carbocycles. The van der Waals surface area contributed by atoms with Crippen molar-refractivity contribution in [3.05, 3.63) is 40.1 Å². The highest BCUT2D eigenvalue weighted by atomic mass is 35.5. The lowest BCUT2D eigenvalue weighted by molar-refractivity contribution is -0.143. The van der Waals surface area contributed by atoms with Gasteiger partial charge in [-0.2, -0.15) is 0 Å². The number of hydrogen-bond acceptors (Lipinski definition) is 4. The normalized spacial score (nSPS) is 15.2. The highest BCUT2D eigenvalue weighted by Gasteiger charge is 2.28. The topological polar surface area (TPSA) is 66.8 Å². The van der Waals surface area contributed by atoms with Crippen LogP contribution in [0.2, 0.25) is 5.02 Å². The van der Waals surface area contributed by atoms with Gasteiger partial charge < -0.3 is 9.84 Å². The number of ether oxygens (including phenoxy) is 1. The Balaban J connectivity index is 2.23. The fraction of sp³-hybridized carbons (Fsp3) is 0.444. The van der Waals surface area contributed by atoms with Gasteiger partial charge in [0, 0.05) is 23.6 Å². The summed E-state index contributed by atoms with van der Waals surface area (Å²) in [5.74, 6) is 0.207. The van der Waals surface area contributed by atoms with Gasteiger partial charge in [-0.25, -0.2) is 0 Å². The van der Waals surface area contributed by atoms with Crippen molar-refractivity contribution in [2.75, 3.05) is 13.6 Å². The zero-order valence-corrected chi connectivity index (χ0v) is 14.8. The molecule has 24 heavy (non-hydrogen) atoms. The van der Waals surface area contributed by atoms with E-state index >= 15 is 0 Å². The molecule has 0 saturated heterocycles. The number of aldehydes is 1. The average Bonchev–Trinajstić information content (AvgIpc) is 2.52. The number of rotatable bonds is 7. The molecule has 0 spiro atoms. The molecule has 1 aliphatic rings. The van der Waals surface area contributed by atoms with E-state index in [1.54, 1.807) is 30.1 Å². The van der Waals surface area contributed by atoms with Crippen LogP contribution < -0.4 is 4.74 Å². The van der Waals surface area contributed by atoms with E-state index in [4.69, 9.17) is 16.3 Å².